The molecule has 0 aliphatic carbocycles. The van der Waals surface area contributed by atoms with E-state index in [9.17, 15) is 22.8 Å². The quantitative estimate of drug-likeness (QED) is 0.512. The molecule has 1 aliphatic heterocycles. The summed E-state index contributed by atoms with van der Waals surface area (Å²) in [7, 11) is -4.00. The zero-order valence-electron chi connectivity index (χ0n) is 20.4. The fourth-order valence-corrected chi connectivity index (χ4v) is 5.68. The van der Waals surface area contributed by atoms with Gasteiger partial charge < -0.3 is 10.2 Å². The Labute approximate surface area is 207 Å². The molecule has 0 spiro atoms. The van der Waals surface area contributed by atoms with Crippen molar-refractivity contribution in [2.75, 3.05) is 19.6 Å². The number of sulfonamides is 1. The second kappa shape index (κ2) is 11.5. The van der Waals surface area contributed by atoms with Gasteiger partial charge in [-0.2, -0.15) is 0 Å². The Bertz CT molecular complexity index is 1160. The van der Waals surface area contributed by atoms with Gasteiger partial charge in [0.15, 0.2) is 0 Å². The Balaban J connectivity index is 1.76. The second-order valence-electron chi connectivity index (χ2n) is 9.01. The summed E-state index contributed by atoms with van der Waals surface area (Å²) in [6, 6.07) is 15.0. The summed E-state index contributed by atoms with van der Waals surface area (Å²) in [6.45, 7) is 6.34. The number of carbonyl (C=O) groups excluding carboxylic acids is 3. The van der Waals surface area contributed by atoms with Crippen molar-refractivity contribution in [2.24, 2.45) is 5.92 Å². The Kier molecular flexibility index (Phi) is 8.67. The summed E-state index contributed by atoms with van der Waals surface area (Å²) in [5.74, 6) is -0.977. The van der Waals surface area contributed by atoms with E-state index in [-0.39, 0.29) is 41.2 Å². The van der Waals surface area contributed by atoms with Crippen LogP contribution in [0.5, 0.6) is 0 Å². The van der Waals surface area contributed by atoms with Crippen LogP contribution in [-0.4, -0.2) is 61.0 Å². The van der Waals surface area contributed by atoms with Crippen molar-refractivity contribution in [1.82, 2.24) is 14.5 Å². The van der Waals surface area contributed by atoms with E-state index in [1.54, 1.807) is 12.1 Å². The lowest BCUT2D eigenvalue weighted by Gasteiger charge is -2.31. The van der Waals surface area contributed by atoms with Gasteiger partial charge in [0.05, 0.1) is 5.56 Å². The van der Waals surface area contributed by atoms with Crippen molar-refractivity contribution in [2.45, 2.75) is 51.0 Å². The highest BCUT2D eigenvalue weighted by atomic mass is 32.2. The molecule has 2 aromatic rings. The van der Waals surface area contributed by atoms with E-state index in [4.69, 9.17) is 0 Å². The van der Waals surface area contributed by atoms with Crippen LogP contribution >= 0.6 is 0 Å². The standard InChI is InChI=1S/C26H33N3O5S/c1-4-22(25(31)27-18-19(2)3)28(16-14-20-10-6-5-7-11-20)24(30)15-17-29-26(32)21-12-8-9-13-23(21)35(29,33)34/h5-13,19,22H,4,14-18H2,1-3H3,(H,27,31)/t22-/m1/s1. The Morgan fingerprint density at radius 3 is 2.31 bits per heavy atom. The number of nitrogens with one attached hydrogen (secondary N) is 1. The van der Waals surface area contributed by atoms with Gasteiger partial charge in [0.1, 0.15) is 10.9 Å². The van der Waals surface area contributed by atoms with E-state index in [0.29, 0.717) is 25.9 Å². The van der Waals surface area contributed by atoms with E-state index in [0.717, 1.165) is 9.87 Å². The van der Waals surface area contributed by atoms with Crippen molar-refractivity contribution in [3.63, 3.8) is 0 Å². The first kappa shape index (κ1) is 26.4. The van der Waals surface area contributed by atoms with Gasteiger partial charge >= 0.3 is 0 Å². The molecular formula is C26H33N3O5S. The summed E-state index contributed by atoms with van der Waals surface area (Å²) >= 11 is 0. The lowest BCUT2D eigenvalue weighted by Crippen LogP contribution is -2.51. The highest BCUT2D eigenvalue weighted by Crippen LogP contribution is 2.30. The first-order valence-corrected chi connectivity index (χ1v) is 13.4. The minimum absolute atomic E-state index is 0.0436. The van der Waals surface area contributed by atoms with E-state index >= 15 is 0 Å². The Morgan fingerprint density at radius 2 is 1.69 bits per heavy atom. The number of amides is 3. The molecule has 1 aliphatic rings. The van der Waals surface area contributed by atoms with E-state index in [1.165, 1.54) is 17.0 Å². The molecule has 0 radical (unpaired) electrons. The first-order valence-electron chi connectivity index (χ1n) is 11.9. The summed E-state index contributed by atoms with van der Waals surface area (Å²) in [6.07, 6.45) is 0.755. The molecule has 8 nitrogen and oxygen atoms in total. The predicted molar refractivity (Wildman–Crippen MR) is 133 cm³/mol. The van der Waals surface area contributed by atoms with Gasteiger partial charge in [0, 0.05) is 26.1 Å². The van der Waals surface area contributed by atoms with Crippen LogP contribution in [0.3, 0.4) is 0 Å². The highest BCUT2D eigenvalue weighted by molar-refractivity contribution is 7.90. The zero-order chi connectivity index (χ0) is 25.6. The zero-order valence-corrected chi connectivity index (χ0v) is 21.3. The van der Waals surface area contributed by atoms with Crippen LogP contribution in [0.4, 0.5) is 0 Å². The third-order valence-corrected chi connectivity index (χ3v) is 7.84. The minimum Gasteiger partial charge on any atom is -0.354 e. The number of hydrogen-bond acceptors (Lipinski definition) is 5. The lowest BCUT2D eigenvalue weighted by atomic mass is 10.1. The summed E-state index contributed by atoms with van der Waals surface area (Å²) in [5.41, 5.74) is 1.14. The molecule has 9 heteroatoms. The Hall–Kier alpha value is -3.20. The van der Waals surface area contributed by atoms with E-state index in [2.05, 4.69) is 5.32 Å². The molecule has 2 aromatic carbocycles. The van der Waals surface area contributed by atoms with E-state index < -0.39 is 22.0 Å². The molecule has 35 heavy (non-hydrogen) atoms. The number of benzene rings is 2. The normalized spacial score (nSPS) is 15.1. The van der Waals surface area contributed by atoms with Crippen LogP contribution < -0.4 is 5.32 Å². The molecule has 188 valence electrons. The van der Waals surface area contributed by atoms with Crippen LogP contribution in [0.1, 0.15) is 49.5 Å². The highest BCUT2D eigenvalue weighted by Gasteiger charge is 2.41. The van der Waals surface area contributed by atoms with Crippen molar-refractivity contribution in [3.05, 3.63) is 65.7 Å². The third kappa shape index (κ3) is 6.08. The summed E-state index contributed by atoms with van der Waals surface area (Å²) < 4.78 is 26.5. The topological polar surface area (TPSA) is 104 Å². The predicted octanol–water partition coefficient (Wildman–Crippen LogP) is 2.84. The summed E-state index contributed by atoms with van der Waals surface area (Å²) in [4.78, 5) is 40.5. The van der Waals surface area contributed by atoms with Crippen molar-refractivity contribution in [3.8, 4) is 0 Å². The fourth-order valence-electron chi connectivity index (χ4n) is 4.11. The van der Waals surface area contributed by atoms with Gasteiger partial charge in [-0.25, -0.2) is 12.7 Å². The molecule has 3 rings (SSSR count). The number of rotatable bonds is 11. The second-order valence-corrected chi connectivity index (χ2v) is 10.8. The first-order chi connectivity index (χ1) is 16.7. The van der Waals surface area contributed by atoms with E-state index in [1.807, 2.05) is 51.1 Å². The maximum Gasteiger partial charge on any atom is 0.269 e. The maximum absolute atomic E-state index is 13.4. The fraction of sp³-hybridized carbons (Fsp3) is 0.423. The average Bonchev–Trinajstić information content (AvgIpc) is 3.04. The number of nitrogens with zero attached hydrogens (tertiary/aromatic N) is 2. The van der Waals surface area contributed by atoms with Gasteiger partial charge in [-0.1, -0.05) is 63.2 Å². The van der Waals surface area contributed by atoms with Crippen LogP contribution in [0.2, 0.25) is 0 Å². The molecule has 0 aromatic heterocycles. The molecule has 1 N–H and O–H groups in total. The summed E-state index contributed by atoms with van der Waals surface area (Å²) in [5, 5.41) is 2.90. The van der Waals surface area contributed by atoms with Gasteiger partial charge in [-0.05, 0) is 36.5 Å². The van der Waals surface area contributed by atoms with Crippen molar-refractivity contribution < 1.29 is 22.8 Å². The third-order valence-electron chi connectivity index (χ3n) is 6.00. The van der Waals surface area contributed by atoms with Gasteiger partial charge in [0.2, 0.25) is 11.8 Å². The molecular weight excluding hydrogens is 466 g/mol. The van der Waals surface area contributed by atoms with Gasteiger partial charge in [-0.15, -0.1) is 0 Å². The number of hydrogen-bond donors (Lipinski definition) is 1. The number of fused-ring (bicyclic) bond motifs is 1. The molecule has 0 saturated carbocycles. The molecule has 0 bridgehead atoms. The minimum atomic E-state index is -4.00. The lowest BCUT2D eigenvalue weighted by molar-refractivity contribution is -0.140. The molecule has 0 saturated heterocycles. The Morgan fingerprint density at radius 1 is 1.03 bits per heavy atom. The maximum atomic E-state index is 13.4. The molecule has 0 fully saturated rings. The average molecular weight is 500 g/mol. The molecule has 1 atom stereocenters. The van der Waals surface area contributed by atoms with Crippen LogP contribution in [0, 0.1) is 5.92 Å². The molecule has 3 amide bonds. The number of carbonyl (C=O) groups is 3. The van der Waals surface area contributed by atoms with Crippen LogP contribution in [-0.2, 0) is 26.0 Å². The van der Waals surface area contributed by atoms with Crippen LogP contribution in [0.25, 0.3) is 0 Å². The van der Waals surface area contributed by atoms with Crippen LogP contribution in [0.15, 0.2) is 59.5 Å². The monoisotopic (exact) mass is 499 g/mol. The SMILES string of the molecule is CC[C@H](C(=O)NCC(C)C)N(CCc1ccccc1)C(=O)CCN1C(=O)c2ccccc2S1(=O)=O. The molecule has 0 unspecified atom stereocenters. The van der Waals surface area contributed by atoms with Gasteiger partial charge in [-0.3, -0.25) is 14.4 Å². The largest absolute Gasteiger partial charge is 0.354 e. The van der Waals surface area contributed by atoms with Crippen molar-refractivity contribution in [1.29, 1.82) is 0 Å². The van der Waals surface area contributed by atoms with Gasteiger partial charge in [0.25, 0.3) is 15.9 Å². The smallest absolute Gasteiger partial charge is 0.269 e. The van der Waals surface area contributed by atoms with Crippen molar-refractivity contribution >= 4 is 27.7 Å². The molecule has 1 heterocycles.